The predicted octanol–water partition coefficient (Wildman–Crippen LogP) is 6.87. The van der Waals surface area contributed by atoms with Gasteiger partial charge in [-0.05, 0) is 120 Å². The van der Waals surface area contributed by atoms with Crippen molar-refractivity contribution < 1.29 is 23.7 Å². The fraction of sp³-hybridized carbons (Fsp3) is 0.396. The van der Waals surface area contributed by atoms with Gasteiger partial charge in [-0.1, -0.05) is 17.3 Å². The van der Waals surface area contributed by atoms with Crippen LogP contribution < -0.4 is 16.0 Å². The van der Waals surface area contributed by atoms with Crippen LogP contribution in [-0.4, -0.2) is 80.6 Å². The second-order valence-electron chi connectivity index (χ2n) is 17.6. The number of carbonyl (C=O) groups is 4. The third kappa shape index (κ3) is 8.15. The third-order valence-electron chi connectivity index (χ3n) is 13.0. The van der Waals surface area contributed by atoms with E-state index in [0.29, 0.717) is 61.8 Å². The number of rotatable bonds is 16. The van der Waals surface area contributed by atoms with Gasteiger partial charge in [0.2, 0.25) is 17.6 Å². The summed E-state index contributed by atoms with van der Waals surface area (Å²) < 4.78 is 9.54. The van der Waals surface area contributed by atoms with Crippen molar-refractivity contribution in [2.45, 2.75) is 117 Å². The zero-order chi connectivity index (χ0) is 44.9. The van der Waals surface area contributed by atoms with Gasteiger partial charge in [0.05, 0.1) is 28.8 Å². The number of H-pyrrole nitrogens is 1. The largest absolute Gasteiger partial charge is 0.361 e. The Labute approximate surface area is 374 Å². The third-order valence-corrected chi connectivity index (χ3v) is 13.0. The highest BCUT2D eigenvalue weighted by atomic mass is 16.5. The van der Waals surface area contributed by atoms with Gasteiger partial charge < -0.3 is 29.6 Å². The summed E-state index contributed by atoms with van der Waals surface area (Å²) in [6.45, 7) is 10.3. The van der Waals surface area contributed by atoms with Gasteiger partial charge in [0.15, 0.2) is 0 Å². The van der Waals surface area contributed by atoms with Crippen LogP contribution >= 0.6 is 0 Å². The first-order valence-corrected chi connectivity index (χ1v) is 22.7. The lowest BCUT2D eigenvalue weighted by Crippen LogP contribution is -2.52. The summed E-state index contributed by atoms with van der Waals surface area (Å²) in [5.74, 6) is 1.42. The molecule has 1 saturated heterocycles. The Morgan fingerprint density at radius 2 is 1.85 bits per heavy atom. The average molecular weight is 877 g/mol. The van der Waals surface area contributed by atoms with Crippen LogP contribution in [0, 0.1) is 20.8 Å². The van der Waals surface area contributed by atoms with Gasteiger partial charge in [0, 0.05) is 72.8 Å². The quantitative estimate of drug-likeness (QED) is 0.0581. The number of aromatic amines is 1. The molecule has 1 saturated carbocycles. The van der Waals surface area contributed by atoms with E-state index in [2.05, 4.69) is 80.0 Å². The zero-order valence-electron chi connectivity index (χ0n) is 37.1. The highest BCUT2D eigenvalue weighted by Crippen LogP contribution is 2.41. The van der Waals surface area contributed by atoms with E-state index in [1.165, 1.54) is 0 Å². The number of nitrogens with one attached hydrogen (secondary N) is 4. The molecule has 7 aromatic rings. The van der Waals surface area contributed by atoms with Gasteiger partial charge in [-0.2, -0.15) is 5.10 Å². The number of aryl methyl sites for hydroxylation is 7. The van der Waals surface area contributed by atoms with E-state index in [4.69, 9.17) is 19.6 Å². The highest BCUT2D eigenvalue weighted by molar-refractivity contribution is 6.13. The minimum absolute atomic E-state index is 0.0576. The Kier molecular flexibility index (Phi) is 11.0. The van der Waals surface area contributed by atoms with Crippen LogP contribution in [-0.2, 0) is 42.1 Å². The second kappa shape index (κ2) is 17.1. The molecule has 7 heterocycles. The molecule has 1 unspecified atom stereocenters. The van der Waals surface area contributed by atoms with Crippen molar-refractivity contribution in [1.29, 1.82) is 0 Å². The Balaban J connectivity index is 0.775. The number of benzene rings is 2. The second-order valence-corrected chi connectivity index (χ2v) is 17.6. The summed E-state index contributed by atoms with van der Waals surface area (Å²) in [5.41, 5.74) is 9.98. The average Bonchev–Trinajstić information content (AvgIpc) is 3.54. The van der Waals surface area contributed by atoms with Crippen LogP contribution in [0.1, 0.15) is 118 Å². The summed E-state index contributed by atoms with van der Waals surface area (Å²) >= 11 is 0. The molecule has 0 radical (unpaired) electrons. The van der Waals surface area contributed by atoms with E-state index in [-0.39, 0.29) is 30.0 Å². The van der Waals surface area contributed by atoms with Gasteiger partial charge in [-0.25, -0.2) is 19.6 Å². The first kappa shape index (κ1) is 41.8. The molecule has 334 valence electrons. The molecule has 2 fully saturated rings. The molecular formula is C48H52N12O5. The van der Waals surface area contributed by atoms with Gasteiger partial charge in [-0.15, -0.1) is 0 Å². The maximum Gasteiger partial charge on any atom is 0.289 e. The van der Waals surface area contributed by atoms with Crippen molar-refractivity contribution in [3.8, 4) is 11.1 Å². The molecule has 17 nitrogen and oxygen atoms in total. The minimum Gasteiger partial charge on any atom is -0.361 e. The first-order valence-electron chi connectivity index (χ1n) is 22.7. The SMILES string of the molecule is CCn1nc(C2CC2)cc1Nc1nc(C(=O)NCCCc2cn(CCCCc3cccc4c3CN(C3CCC(=O)NC3=O)C4=O)cn2)nc2[nH]c3cc(-c4c(C)noc4C)c(C)cc3c12. The number of piperidine rings is 1. The lowest BCUT2D eigenvalue weighted by molar-refractivity contribution is -0.136. The van der Waals surface area contributed by atoms with Crippen molar-refractivity contribution in [2.75, 3.05) is 11.9 Å². The topological polar surface area (TPSA) is 211 Å². The molecular weight excluding hydrogens is 825 g/mol. The first-order chi connectivity index (χ1) is 31.5. The normalized spacial score (nSPS) is 16.2. The lowest BCUT2D eigenvalue weighted by atomic mass is 9.97. The van der Waals surface area contributed by atoms with Crippen LogP contribution in [0.5, 0.6) is 0 Å². The molecule has 10 rings (SSSR count). The number of hydrogen-bond acceptors (Lipinski definition) is 11. The number of anilines is 2. The summed E-state index contributed by atoms with van der Waals surface area (Å²) in [5, 5.41) is 19.7. The molecule has 5 aromatic heterocycles. The standard InChI is InChI=1S/C48H52N12O5/c1-5-60-39(22-36(56-60)30-14-15-30)52-44-42-34-20-26(2)33(41-27(3)57-65-28(41)4)21-37(34)51-43(42)54-45(55-44)47(63)49-18-9-12-31-23-58(25-50-31)19-7-6-10-29-11-8-13-32-35(29)24-59(48(32)64)38-16-17-40(61)53-46(38)62/h8,11,13,20-23,25,30,38H,5-7,9-10,12,14-19,24H2,1-4H3,(H,49,63)(H,53,61,62)(H2,51,52,54,55). The van der Waals surface area contributed by atoms with Crippen molar-refractivity contribution in [1.82, 2.24) is 55.0 Å². The summed E-state index contributed by atoms with van der Waals surface area (Å²) in [6, 6.07) is 11.5. The Bertz CT molecular complexity index is 3010. The van der Waals surface area contributed by atoms with Gasteiger partial charge in [0.1, 0.15) is 29.1 Å². The number of imidazole rings is 1. The molecule has 4 N–H and O–H groups in total. The van der Waals surface area contributed by atoms with E-state index in [0.717, 1.165) is 111 Å². The van der Waals surface area contributed by atoms with E-state index >= 15 is 0 Å². The Morgan fingerprint density at radius 1 is 0.985 bits per heavy atom. The van der Waals surface area contributed by atoms with Crippen LogP contribution in [0.25, 0.3) is 33.1 Å². The molecule has 0 spiro atoms. The van der Waals surface area contributed by atoms with Gasteiger partial charge >= 0.3 is 0 Å². The number of imide groups is 1. The molecule has 2 aromatic carbocycles. The summed E-state index contributed by atoms with van der Waals surface area (Å²) in [7, 11) is 0. The number of amides is 4. The molecule has 65 heavy (non-hydrogen) atoms. The van der Waals surface area contributed by atoms with Crippen LogP contribution in [0.15, 0.2) is 53.4 Å². The van der Waals surface area contributed by atoms with Crippen molar-refractivity contribution in [2.24, 2.45) is 0 Å². The minimum atomic E-state index is -0.623. The monoisotopic (exact) mass is 876 g/mol. The summed E-state index contributed by atoms with van der Waals surface area (Å²) in [4.78, 5) is 70.5. The number of fused-ring (bicyclic) bond motifs is 4. The van der Waals surface area contributed by atoms with E-state index in [9.17, 15) is 19.2 Å². The molecule has 2 aliphatic heterocycles. The molecule has 1 aliphatic carbocycles. The number of carbonyl (C=O) groups excluding carboxylic acids is 4. The zero-order valence-corrected chi connectivity index (χ0v) is 37.1. The fourth-order valence-corrected chi connectivity index (χ4v) is 9.46. The van der Waals surface area contributed by atoms with Crippen molar-refractivity contribution in [3.05, 3.63) is 99.8 Å². The summed E-state index contributed by atoms with van der Waals surface area (Å²) in [6.07, 6.45) is 10.8. The van der Waals surface area contributed by atoms with E-state index in [1.54, 1.807) is 4.90 Å². The number of hydrogen-bond donors (Lipinski definition) is 4. The van der Waals surface area contributed by atoms with Crippen LogP contribution in [0.3, 0.4) is 0 Å². The number of aromatic nitrogens is 8. The Morgan fingerprint density at radius 3 is 2.63 bits per heavy atom. The lowest BCUT2D eigenvalue weighted by Gasteiger charge is -2.29. The molecule has 4 amide bonds. The van der Waals surface area contributed by atoms with Crippen LogP contribution in [0.4, 0.5) is 11.6 Å². The molecule has 0 bridgehead atoms. The molecule has 1 atom stereocenters. The smallest absolute Gasteiger partial charge is 0.289 e. The van der Waals surface area contributed by atoms with E-state index in [1.807, 2.05) is 37.0 Å². The number of unbranched alkanes of at least 4 members (excludes halogenated alkanes) is 1. The molecule has 3 aliphatic rings. The van der Waals surface area contributed by atoms with Gasteiger partial charge in [-0.3, -0.25) is 24.5 Å². The highest BCUT2D eigenvalue weighted by Gasteiger charge is 2.39. The fourth-order valence-electron chi connectivity index (χ4n) is 9.46. The Hall–Kier alpha value is -7.17. The van der Waals surface area contributed by atoms with Crippen molar-refractivity contribution >= 4 is 57.2 Å². The van der Waals surface area contributed by atoms with Crippen LogP contribution in [0.2, 0.25) is 0 Å². The number of nitrogens with zero attached hydrogens (tertiary/aromatic N) is 8. The maximum absolute atomic E-state index is 13.7. The van der Waals surface area contributed by atoms with Crippen molar-refractivity contribution in [3.63, 3.8) is 0 Å². The molecule has 17 heteroatoms. The maximum atomic E-state index is 13.7. The van der Waals surface area contributed by atoms with E-state index < -0.39 is 11.9 Å². The van der Waals surface area contributed by atoms with Gasteiger partial charge in [0.25, 0.3) is 11.8 Å². The predicted molar refractivity (Wildman–Crippen MR) is 243 cm³/mol.